The normalized spacial score (nSPS) is 23.9. The van der Waals surface area contributed by atoms with Gasteiger partial charge in [0.25, 0.3) is 5.91 Å². The van der Waals surface area contributed by atoms with Gasteiger partial charge in [-0.05, 0) is 61.8 Å². The van der Waals surface area contributed by atoms with Crippen molar-refractivity contribution in [2.45, 2.75) is 56.3 Å². The van der Waals surface area contributed by atoms with Gasteiger partial charge in [-0.25, -0.2) is 13.9 Å². The van der Waals surface area contributed by atoms with Crippen LogP contribution in [0.1, 0.15) is 47.3 Å². The van der Waals surface area contributed by atoms with E-state index in [2.05, 4.69) is 9.84 Å². The quantitative estimate of drug-likeness (QED) is 0.602. The first-order chi connectivity index (χ1) is 15.2. The Morgan fingerprint density at radius 3 is 2.72 bits per heavy atom. The van der Waals surface area contributed by atoms with Gasteiger partial charge in [0.1, 0.15) is 12.1 Å². The molecule has 0 aliphatic carbocycles. The zero-order valence-electron chi connectivity index (χ0n) is 16.6. The Hall–Kier alpha value is -2.49. The minimum absolute atomic E-state index is 0.134. The number of carboxylic acid groups (broad SMARTS) is 1. The van der Waals surface area contributed by atoms with Crippen LogP contribution in [0.15, 0.2) is 24.3 Å². The van der Waals surface area contributed by atoms with Gasteiger partial charge in [0.05, 0.1) is 10.4 Å². The second kappa shape index (κ2) is 8.80. The zero-order valence-corrected chi connectivity index (χ0v) is 18.3. The zero-order chi connectivity index (χ0) is 23.0. The number of nitrogens with zero attached hydrogens (tertiary/aromatic N) is 1. The van der Waals surface area contributed by atoms with Gasteiger partial charge in [0.2, 0.25) is 5.91 Å². The summed E-state index contributed by atoms with van der Waals surface area (Å²) in [4.78, 5) is 39.0. The van der Waals surface area contributed by atoms with Gasteiger partial charge in [0.15, 0.2) is 0 Å². The first-order valence-corrected chi connectivity index (χ1v) is 11.5. The van der Waals surface area contributed by atoms with Crippen molar-refractivity contribution < 1.29 is 37.4 Å². The number of carboxylic acids is 1. The lowest BCUT2D eigenvalue weighted by Crippen LogP contribution is -2.52. The molecule has 2 N–H and O–H groups in total. The molecular weight excluding hydrogens is 465 g/mol. The predicted molar refractivity (Wildman–Crippen MR) is 111 cm³/mol. The highest BCUT2D eigenvalue weighted by Crippen LogP contribution is 2.36. The largest absolute Gasteiger partial charge is 0.480 e. The average Bonchev–Trinajstić information content (AvgIpc) is 3.33. The van der Waals surface area contributed by atoms with E-state index >= 15 is 0 Å². The Morgan fingerprint density at radius 1 is 1.22 bits per heavy atom. The summed E-state index contributed by atoms with van der Waals surface area (Å²) in [6.07, 6.45) is -0.966. The summed E-state index contributed by atoms with van der Waals surface area (Å²) in [5.74, 6) is -1.98. The Labute approximate surface area is 186 Å². The molecule has 0 saturated carbocycles. The van der Waals surface area contributed by atoms with E-state index in [9.17, 15) is 32.8 Å². The van der Waals surface area contributed by atoms with Gasteiger partial charge >= 0.3 is 20.8 Å². The van der Waals surface area contributed by atoms with Crippen LogP contribution >= 0.6 is 20.0 Å². The van der Waals surface area contributed by atoms with Crippen LogP contribution in [0.5, 0.6) is 0 Å². The summed E-state index contributed by atoms with van der Waals surface area (Å²) in [5.41, 5.74) is -0.503. The number of hydrogen-bond acceptors (Lipinski definition) is 6. The van der Waals surface area contributed by atoms with Crippen molar-refractivity contribution in [3.05, 3.63) is 34.7 Å². The predicted octanol–water partition coefficient (Wildman–Crippen LogP) is 3.90. The fourth-order valence-electron chi connectivity index (χ4n) is 4.40. The van der Waals surface area contributed by atoms with Crippen LogP contribution in [0.3, 0.4) is 0 Å². The van der Waals surface area contributed by atoms with E-state index in [1.165, 1.54) is 17.0 Å². The van der Waals surface area contributed by atoms with E-state index in [1.54, 1.807) is 0 Å². The summed E-state index contributed by atoms with van der Waals surface area (Å²) in [6, 6.07) is 3.26. The number of carbonyl (C=O) groups is 3. The van der Waals surface area contributed by atoms with Crippen molar-refractivity contribution >= 4 is 47.9 Å². The molecule has 1 aromatic carbocycles. The van der Waals surface area contributed by atoms with Crippen molar-refractivity contribution in [3.63, 3.8) is 0 Å². The summed E-state index contributed by atoms with van der Waals surface area (Å²) in [6.45, 7) is 0. The van der Waals surface area contributed by atoms with Crippen molar-refractivity contribution in [3.8, 4) is 0 Å². The lowest BCUT2D eigenvalue weighted by atomic mass is 10.1. The number of thiophene rings is 1. The highest BCUT2D eigenvalue weighted by Gasteiger charge is 2.44. The number of rotatable bonds is 6. The molecule has 2 aliphatic rings. The lowest BCUT2D eigenvalue weighted by molar-refractivity contribution is -0.178. The third-order valence-corrected chi connectivity index (χ3v) is 7.32. The van der Waals surface area contributed by atoms with Gasteiger partial charge in [-0.1, -0.05) is 0 Å². The molecule has 2 saturated heterocycles. The number of alkyl halides is 2. The maximum Gasteiger partial charge on any atom is 0.393 e. The molecule has 2 amide bonds. The van der Waals surface area contributed by atoms with Crippen LogP contribution < -0.4 is 5.32 Å². The average molecular weight is 484 g/mol. The Morgan fingerprint density at radius 2 is 2.00 bits per heavy atom. The molecule has 170 valence electrons. The summed E-state index contributed by atoms with van der Waals surface area (Å²) in [5, 5.41) is 12.5. The molecule has 2 aliphatic heterocycles. The first kappa shape index (κ1) is 22.7. The smallest absolute Gasteiger partial charge is 0.393 e. The fraction of sp³-hybridized carbons (Fsp3) is 0.450. The molecule has 2 aromatic rings. The van der Waals surface area contributed by atoms with Gasteiger partial charge < -0.3 is 15.3 Å². The molecule has 3 heterocycles. The van der Waals surface area contributed by atoms with E-state index in [0.717, 1.165) is 23.5 Å². The molecule has 8 nitrogen and oxygen atoms in total. The second-order valence-electron chi connectivity index (χ2n) is 7.83. The summed E-state index contributed by atoms with van der Waals surface area (Å²) < 4.78 is 42.6. The molecular formula is C20H19F2N2O6PS. The summed E-state index contributed by atoms with van der Waals surface area (Å²) in [7, 11) is -1.16. The monoisotopic (exact) mass is 484 g/mol. The molecule has 12 heteroatoms. The molecule has 3 atom stereocenters. The topological polar surface area (TPSA) is 113 Å². The number of hydrogen-bond donors (Lipinski definition) is 2. The minimum atomic E-state index is -3.75. The fourth-order valence-corrected chi connectivity index (χ4v) is 5.55. The number of fused-ring (bicyclic) bond motifs is 2. The molecule has 2 fully saturated rings. The molecule has 0 spiro atoms. The molecule has 0 unspecified atom stereocenters. The van der Waals surface area contributed by atoms with Gasteiger partial charge in [0, 0.05) is 10.7 Å². The highest BCUT2D eigenvalue weighted by molar-refractivity contribution is 7.20. The van der Waals surface area contributed by atoms with E-state index in [0.29, 0.717) is 42.2 Å². The van der Waals surface area contributed by atoms with Gasteiger partial charge in [-0.3, -0.25) is 9.59 Å². The molecule has 4 rings (SSSR count). The molecule has 32 heavy (non-hydrogen) atoms. The third kappa shape index (κ3) is 4.24. The van der Waals surface area contributed by atoms with Crippen LogP contribution in [-0.2, 0) is 24.8 Å². The number of nitrogens with one attached hydrogen (secondary N) is 1. The molecule has 1 aromatic heterocycles. The van der Waals surface area contributed by atoms with Crippen LogP contribution in [0.2, 0.25) is 0 Å². The molecule has 0 bridgehead atoms. The maximum absolute atomic E-state index is 13.8. The van der Waals surface area contributed by atoms with Crippen molar-refractivity contribution in [1.29, 1.82) is 0 Å². The second-order valence-corrected chi connectivity index (χ2v) is 9.25. The van der Waals surface area contributed by atoms with E-state index in [-0.39, 0.29) is 10.9 Å². The van der Waals surface area contributed by atoms with E-state index in [1.807, 2.05) is 0 Å². The van der Waals surface area contributed by atoms with Gasteiger partial charge in [-0.2, -0.15) is 8.78 Å². The molecule has 0 radical (unpaired) electrons. The van der Waals surface area contributed by atoms with E-state index in [4.69, 9.17) is 0 Å². The number of carbonyl (C=O) groups excluding carboxylic acids is 2. The minimum Gasteiger partial charge on any atom is -0.480 e. The van der Waals surface area contributed by atoms with Crippen LogP contribution in [-0.4, -0.2) is 45.9 Å². The third-order valence-electron chi connectivity index (χ3n) is 5.90. The standard InChI is InChI=1S/C20H19F2N2O6PS/c21-20(22,30-31-29)11-4-7-15-10(8-11)9-16(32-15)17(25)23-13-3-1-2-12-5-6-14(19(27)28)24(12)18(13)26/h4,7-9,12-14H,1-3,5-6H2,(H,23,25)(H,27,28)/t12-,13-,14-/m0/s1. The number of halogens is 2. The number of amides is 2. The van der Waals surface area contributed by atoms with Crippen LogP contribution in [0, 0.1) is 0 Å². The lowest BCUT2D eigenvalue weighted by Gasteiger charge is -2.29. The maximum atomic E-state index is 13.8. The number of benzene rings is 1. The first-order valence-electron chi connectivity index (χ1n) is 10.00. The van der Waals surface area contributed by atoms with Crippen LogP contribution in [0.25, 0.3) is 10.1 Å². The Kier molecular flexibility index (Phi) is 6.24. The SMILES string of the molecule is O=POC(F)(F)c1ccc2sc(C(=O)N[C@H]3CCC[C@H]4CC[C@@H](C(=O)O)N4C3=O)cc2c1. The van der Waals surface area contributed by atoms with Crippen LogP contribution in [0.4, 0.5) is 8.78 Å². The van der Waals surface area contributed by atoms with Crippen molar-refractivity contribution in [2.75, 3.05) is 0 Å². The van der Waals surface area contributed by atoms with Crippen molar-refractivity contribution in [2.24, 2.45) is 0 Å². The number of aliphatic carboxylic acids is 1. The van der Waals surface area contributed by atoms with Crippen molar-refractivity contribution in [1.82, 2.24) is 10.2 Å². The highest BCUT2D eigenvalue weighted by atomic mass is 32.1. The Bertz CT molecular complexity index is 1090. The Balaban J connectivity index is 1.53. The van der Waals surface area contributed by atoms with Gasteiger partial charge in [-0.15, -0.1) is 11.3 Å². The summed E-state index contributed by atoms with van der Waals surface area (Å²) >= 11 is 1.08. The van der Waals surface area contributed by atoms with E-state index < -0.39 is 50.2 Å².